The smallest absolute Gasteiger partial charge is 0.00328 e. The minimum absolute atomic E-state index is 1.20. The van der Waals surface area contributed by atoms with Gasteiger partial charge >= 0.3 is 0 Å². The molecule has 0 saturated carbocycles. The first kappa shape index (κ1) is 6.33. The lowest BCUT2D eigenvalue weighted by Crippen LogP contribution is -1.77. The van der Waals surface area contributed by atoms with Crippen molar-refractivity contribution in [1.29, 1.82) is 0 Å². The molecule has 1 heteroatoms. The van der Waals surface area contributed by atoms with Crippen LogP contribution in [-0.4, -0.2) is 4.43 Å². The summed E-state index contributed by atoms with van der Waals surface area (Å²) in [6.45, 7) is 0. The summed E-state index contributed by atoms with van der Waals surface area (Å²) in [4.78, 5) is 0. The second-order valence-electron chi connectivity index (χ2n) is 1.90. The molecule has 8 heavy (non-hydrogen) atoms. The molecule has 0 spiro atoms. The minimum atomic E-state index is 1.20. The Kier molecular flexibility index (Phi) is 2.59. The zero-order valence-corrected chi connectivity index (χ0v) is 6.89. The zero-order valence-electron chi connectivity index (χ0n) is 4.73. The first-order valence-corrected chi connectivity index (χ1v) is 4.36. The van der Waals surface area contributed by atoms with Crippen LogP contribution in [-0.2, 0) is 0 Å². The first-order valence-electron chi connectivity index (χ1n) is 2.84. The van der Waals surface area contributed by atoms with Gasteiger partial charge in [0.1, 0.15) is 0 Å². The van der Waals surface area contributed by atoms with Crippen molar-refractivity contribution in [2.45, 2.75) is 12.8 Å². The summed E-state index contributed by atoms with van der Waals surface area (Å²) < 4.78 is 1.26. The average Bonchev–Trinajstić information content (AvgIpc) is 2.19. The molecule has 0 aromatic rings. The molecule has 44 valence electrons. The second-order valence-corrected chi connectivity index (χ2v) is 2.97. The van der Waals surface area contributed by atoms with E-state index in [9.17, 15) is 0 Å². The minimum Gasteiger partial charge on any atom is -0.0860 e. The summed E-state index contributed by atoms with van der Waals surface area (Å²) in [5, 5.41) is 0. The van der Waals surface area contributed by atoms with Crippen LogP contribution in [0.4, 0.5) is 0 Å². The van der Waals surface area contributed by atoms with Gasteiger partial charge < -0.3 is 0 Å². The lowest BCUT2D eigenvalue weighted by Gasteiger charge is -1.92. The van der Waals surface area contributed by atoms with E-state index in [0.29, 0.717) is 0 Å². The van der Waals surface area contributed by atoms with Gasteiger partial charge in [-0.15, -0.1) is 0 Å². The molecule has 0 fully saturated rings. The third-order valence-corrected chi connectivity index (χ3v) is 1.80. The van der Waals surface area contributed by atoms with Gasteiger partial charge in [0.05, 0.1) is 0 Å². The number of hydrogen-bond donors (Lipinski definition) is 0. The van der Waals surface area contributed by atoms with Crippen LogP contribution in [0.25, 0.3) is 0 Å². The molecule has 1 aliphatic rings. The Morgan fingerprint density at radius 1 is 1.62 bits per heavy atom. The molecule has 0 atom stereocenters. The third kappa shape index (κ3) is 1.62. The molecule has 0 nitrogen and oxygen atoms in total. The fourth-order valence-corrected chi connectivity index (χ4v) is 1.49. The van der Waals surface area contributed by atoms with Gasteiger partial charge in [-0.3, -0.25) is 0 Å². The van der Waals surface area contributed by atoms with Crippen LogP contribution in [0.15, 0.2) is 23.8 Å². The molecule has 0 bridgehead atoms. The molecule has 1 rings (SSSR count). The van der Waals surface area contributed by atoms with Crippen LogP contribution in [0, 0.1) is 0 Å². The van der Waals surface area contributed by atoms with Crippen molar-refractivity contribution in [3.63, 3.8) is 0 Å². The van der Waals surface area contributed by atoms with Crippen LogP contribution in [0.1, 0.15) is 12.8 Å². The number of allylic oxidation sites excluding steroid dienone is 4. The van der Waals surface area contributed by atoms with Crippen LogP contribution in [0.2, 0.25) is 0 Å². The molecule has 0 heterocycles. The van der Waals surface area contributed by atoms with Crippen molar-refractivity contribution in [1.82, 2.24) is 0 Å². The highest BCUT2D eigenvalue weighted by molar-refractivity contribution is 14.1. The average molecular weight is 220 g/mol. The Bertz CT molecular complexity index is 122. The van der Waals surface area contributed by atoms with Crippen LogP contribution >= 0.6 is 22.6 Å². The summed E-state index contributed by atoms with van der Waals surface area (Å²) in [7, 11) is 0. The highest BCUT2D eigenvalue weighted by Crippen LogP contribution is 2.14. The maximum absolute atomic E-state index is 2.41. The van der Waals surface area contributed by atoms with E-state index in [-0.39, 0.29) is 0 Å². The molecule has 0 N–H and O–H groups in total. The fourth-order valence-electron chi connectivity index (χ4n) is 0.798. The van der Waals surface area contributed by atoms with Crippen molar-refractivity contribution >= 4 is 22.6 Å². The summed E-state index contributed by atoms with van der Waals surface area (Å²) in [6.07, 6.45) is 9.04. The fraction of sp³-hybridized carbons (Fsp3) is 0.429. The quantitative estimate of drug-likeness (QED) is 0.495. The molecular weight excluding hydrogens is 211 g/mol. The molecule has 0 aromatic heterocycles. The van der Waals surface area contributed by atoms with Gasteiger partial charge in [0.25, 0.3) is 0 Å². The molecule has 1 aliphatic carbocycles. The Labute approximate surface area is 63.8 Å². The maximum Gasteiger partial charge on any atom is 0.00328 e. The lowest BCUT2D eigenvalue weighted by atomic mass is 10.2. The Balaban J connectivity index is 2.28. The Hall–Kier alpha value is 0.210. The van der Waals surface area contributed by atoms with E-state index in [0.717, 1.165) is 0 Å². The number of halogens is 1. The molecule has 0 unspecified atom stereocenters. The van der Waals surface area contributed by atoms with Gasteiger partial charge in [0.15, 0.2) is 0 Å². The van der Waals surface area contributed by atoms with Gasteiger partial charge in [-0.2, -0.15) is 0 Å². The van der Waals surface area contributed by atoms with E-state index in [1.54, 1.807) is 5.57 Å². The van der Waals surface area contributed by atoms with Gasteiger partial charge in [-0.05, 0) is 12.8 Å². The third-order valence-electron chi connectivity index (χ3n) is 1.26. The van der Waals surface area contributed by atoms with E-state index >= 15 is 0 Å². The number of rotatable bonds is 2. The van der Waals surface area contributed by atoms with E-state index in [4.69, 9.17) is 0 Å². The zero-order chi connectivity index (χ0) is 5.82. The predicted molar refractivity (Wildman–Crippen MR) is 45.3 cm³/mol. The van der Waals surface area contributed by atoms with Gasteiger partial charge in [0.2, 0.25) is 0 Å². The van der Waals surface area contributed by atoms with Crippen molar-refractivity contribution in [2.24, 2.45) is 0 Å². The highest BCUT2D eigenvalue weighted by atomic mass is 127. The molecule has 0 aromatic carbocycles. The molecular formula is C7H9I. The monoisotopic (exact) mass is 220 g/mol. The van der Waals surface area contributed by atoms with Crippen LogP contribution < -0.4 is 0 Å². The molecule has 0 amide bonds. The van der Waals surface area contributed by atoms with Gasteiger partial charge in [-0.1, -0.05) is 46.4 Å². The number of hydrogen-bond acceptors (Lipinski definition) is 0. The summed E-state index contributed by atoms with van der Waals surface area (Å²) in [5.41, 5.74) is 1.58. The van der Waals surface area contributed by atoms with Crippen molar-refractivity contribution in [2.75, 3.05) is 4.43 Å². The summed E-state index contributed by atoms with van der Waals surface area (Å²) in [6, 6.07) is 0. The molecule has 0 saturated heterocycles. The molecule has 0 radical (unpaired) electrons. The van der Waals surface area contributed by atoms with Crippen LogP contribution in [0.3, 0.4) is 0 Å². The van der Waals surface area contributed by atoms with Crippen molar-refractivity contribution < 1.29 is 0 Å². The summed E-state index contributed by atoms with van der Waals surface area (Å²) >= 11 is 2.41. The van der Waals surface area contributed by atoms with Gasteiger partial charge in [0, 0.05) is 4.43 Å². The predicted octanol–water partition coefficient (Wildman–Crippen LogP) is 2.70. The maximum atomic E-state index is 2.41. The second kappa shape index (κ2) is 3.28. The van der Waals surface area contributed by atoms with E-state index < -0.39 is 0 Å². The Morgan fingerprint density at radius 3 is 3.00 bits per heavy atom. The standard InChI is InChI=1S/C7H9I/c8-6-5-7-3-1-2-4-7/h1-3H,4-6H2. The van der Waals surface area contributed by atoms with Gasteiger partial charge in [-0.25, -0.2) is 0 Å². The lowest BCUT2D eigenvalue weighted by molar-refractivity contribution is 1.08. The van der Waals surface area contributed by atoms with Crippen LogP contribution in [0.5, 0.6) is 0 Å². The van der Waals surface area contributed by atoms with Crippen molar-refractivity contribution in [3.8, 4) is 0 Å². The first-order chi connectivity index (χ1) is 3.93. The SMILES string of the molecule is ICCC1=CC=CC1. The van der Waals surface area contributed by atoms with E-state index in [2.05, 4.69) is 40.8 Å². The largest absolute Gasteiger partial charge is 0.0860 e. The normalized spacial score (nSPS) is 16.9. The topological polar surface area (TPSA) is 0 Å². The summed E-state index contributed by atoms with van der Waals surface area (Å²) in [5.74, 6) is 0. The van der Waals surface area contributed by atoms with Crippen molar-refractivity contribution in [3.05, 3.63) is 23.8 Å². The molecule has 0 aliphatic heterocycles. The number of alkyl halides is 1. The van der Waals surface area contributed by atoms with E-state index in [1.165, 1.54) is 17.3 Å². The highest BCUT2D eigenvalue weighted by Gasteiger charge is 1.95. The van der Waals surface area contributed by atoms with E-state index in [1.807, 2.05) is 0 Å². The Morgan fingerprint density at radius 2 is 2.50 bits per heavy atom.